The Labute approximate surface area is 176 Å². The van der Waals surface area contributed by atoms with Crippen LogP contribution in [0.3, 0.4) is 0 Å². The average Bonchev–Trinajstić information content (AvgIpc) is 2.70. The van der Waals surface area contributed by atoms with Gasteiger partial charge in [-0.05, 0) is 66.1 Å². The van der Waals surface area contributed by atoms with E-state index in [4.69, 9.17) is 5.11 Å². The van der Waals surface area contributed by atoms with Gasteiger partial charge in [-0.2, -0.15) is 0 Å². The lowest BCUT2D eigenvalue weighted by atomic mass is 10.0. The molecule has 1 unspecified atom stereocenters. The number of nitrogens with one attached hydrogen (secondary N) is 1. The zero-order valence-corrected chi connectivity index (χ0v) is 17.1. The van der Waals surface area contributed by atoms with E-state index in [0.717, 1.165) is 11.1 Å². The van der Waals surface area contributed by atoms with Gasteiger partial charge in [-0.3, -0.25) is 9.35 Å². The van der Waals surface area contributed by atoms with E-state index in [-0.39, 0.29) is 11.5 Å². The Morgan fingerprint density at radius 2 is 1.50 bits per heavy atom. The Morgan fingerprint density at radius 3 is 1.97 bits per heavy atom. The van der Waals surface area contributed by atoms with Gasteiger partial charge in [0, 0.05) is 12.6 Å². The van der Waals surface area contributed by atoms with Crippen molar-refractivity contribution in [3.63, 3.8) is 0 Å². The topological polar surface area (TPSA) is 107 Å². The zero-order chi connectivity index (χ0) is 21.8. The van der Waals surface area contributed by atoms with Crippen LogP contribution < -0.4 is 9.62 Å². The van der Waals surface area contributed by atoms with Gasteiger partial charge in [0.1, 0.15) is 0 Å². The molecule has 1 amide bonds. The molecular formula is C22H20N2O5S. The number of aryl methyl sites for hydroxylation is 1. The summed E-state index contributed by atoms with van der Waals surface area (Å²) in [6, 6.07) is 18.8. The van der Waals surface area contributed by atoms with Crippen LogP contribution in [0.1, 0.15) is 22.8 Å². The Bertz CT molecular complexity index is 1110. The standard InChI is InChI=1S/C22H20N2O5S/c1-14-13-18(22(26)27)7-12-21(14)24(30(28)29)20-10-5-17(6-11-20)16-3-8-19(9-4-16)23-15(2)25/h3-13H,1-2H3,(H,23,25)(H,26,27)(H,28,29). The van der Waals surface area contributed by atoms with Crippen molar-refractivity contribution in [3.8, 4) is 11.1 Å². The van der Waals surface area contributed by atoms with Crippen molar-refractivity contribution in [1.82, 2.24) is 0 Å². The number of anilines is 3. The van der Waals surface area contributed by atoms with E-state index in [0.29, 0.717) is 22.6 Å². The van der Waals surface area contributed by atoms with Crippen LogP contribution in [-0.4, -0.2) is 25.7 Å². The molecule has 8 heteroatoms. The first kappa shape index (κ1) is 21.2. The van der Waals surface area contributed by atoms with Crippen LogP contribution in [0.4, 0.5) is 17.1 Å². The molecule has 1 atom stereocenters. The molecule has 3 aromatic rings. The highest BCUT2D eigenvalue weighted by molar-refractivity contribution is 7.81. The monoisotopic (exact) mass is 424 g/mol. The Morgan fingerprint density at radius 1 is 0.933 bits per heavy atom. The van der Waals surface area contributed by atoms with E-state index in [1.807, 2.05) is 24.3 Å². The largest absolute Gasteiger partial charge is 0.478 e. The summed E-state index contributed by atoms with van der Waals surface area (Å²) < 4.78 is 23.1. The second-order valence-corrected chi connectivity index (χ2v) is 7.46. The van der Waals surface area contributed by atoms with Gasteiger partial charge >= 0.3 is 5.97 Å². The summed E-state index contributed by atoms with van der Waals surface area (Å²) >= 11 is -2.35. The van der Waals surface area contributed by atoms with Crippen molar-refractivity contribution in [2.45, 2.75) is 13.8 Å². The van der Waals surface area contributed by atoms with E-state index in [1.165, 1.54) is 29.4 Å². The fraction of sp³-hybridized carbons (Fsp3) is 0.0909. The van der Waals surface area contributed by atoms with Crippen LogP contribution in [0.25, 0.3) is 11.1 Å². The highest BCUT2D eigenvalue weighted by Gasteiger charge is 2.18. The normalized spacial score (nSPS) is 11.6. The zero-order valence-electron chi connectivity index (χ0n) is 16.3. The Balaban J connectivity index is 1.90. The molecule has 0 fully saturated rings. The molecule has 3 rings (SSSR count). The number of benzene rings is 3. The van der Waals surface area contributed by atoms with Crippen LogP contribution in [0.5, 0.6) is 0 Å². The molecule has 7 nitrogen and oxygen atoms in total. The minimum absolute atomic E-state index is 0.109. The van der Waals surface area contributed by atoms with Gasteiger partial charge in [0.15, 0.2) is 0 Å². The molecule has 0 saturated heterocycles. The first-order valence-electron chi connectivity index (χ1n) is 8.99. The fourth-order valence-electron chi connectivity index (χ4n) is 3.07. The molecule has 0 aliphatic rings. The molecule has 0 bridgehead atoms. The highest BCUT2D eigenvalue weighted by Crippen LogP contribution is 2.32. The molecule has 30 heavy (non-hydrogen) atoms. The first-order chi connectivity index (χ1) is 14.3. The molecule has 3 N–H and O–H groups in total. The van der Waals surface area contributed by atoms with Crippen molar-refractivity contribution < 1.29 is 23.5 Å². The van der Waals surface area contributed by atoms with Gasteiger partial charge in [0.25, 0.3) is 11.3 Å². The number of hydrogen-bond acceptors (Lipinski definition) is 3. The summed E-state index contributed by atoms with van der Waals surface area (Å²) in [5, 5.41) is 11.8. The second kappa shape index (κ2) is 8.89. The summed E-state index contributed by atoms with van der Waals surface area (Å²) in [6.07, 6.45) is 0. The molecule has 0 radical (unpaired) electrons. The molecule has 0 spiro atoms. The van der Waals surface area contributed by atoms with E-state index >= 15 is 0 Å². The van der Waals surface area contributed by atoms with Crippen molar-refractivity contribution in [3.05, 3.63) is 77.9 Å². The third-order valence-electron chi connectivity index (χ3n) is 4.46. The minimum Gasteiger partial charge on any atom is -0.478 e. The summed E-state index contributed by atoms with van der Waals surface area (Å²) in [4.78, 5) is 22.3. The van der Waals surface area contributed by atoms with Crippen LogP contribution in [0.2, 0.25) is 0 Å². The smallest absolute Gasteiger partial charge is 0.335 e. The van der Waals surface area contributed by atoms with Gasteiger partial charge in [-0.15, -0.1) is 0 Å². The van der Waals surface area contributed by atoms with E-state index < -0.39 is 17.2 Å². The maximum Gasteiger partial charge on any atom is 0.335 e. The number of carbonyl (C=O) groups is 2. The van der Waals surface area contributed by atoms with Crippen molar-refractivity contribution >= 4 is 40.2 Å². The molecule has 3 aromatic carbocycles. The number of nitrogens with zero attached hydrogens (tertiary/aromatic N) is 1. The maximum atomic E-state index is 12.0. The summed E-state index contributed by atoms with van der Waals surface area (Å²) in [5.74, 6) is -1.20. The average molecular weight is 424 g/mol. The molecular weight excluding hydrogens is 404 g/mol. The fourth-order valence-corrected chi connectivity index (χ4v) is 3.74. The quantitative estimate of drug-likeness (QED) is 0.502. The van der Waals surface area contributed by atoms with Gasteiger partial charge in [-0.1, -0.05) is 24.3 Å². The van der Waals surface area contributed by atoms with Crippen LogP contribution in [-0.2, 0) is 16.1 Å². The number of rotatable bonds is 6. The Hall–Kier alpha value is -3.49. The number of amides is 1. The number of carboxylic acids is 1. The van der Waals surface area contributed by atoms with Gasteiger partial charge < -0.3 is 10.4 Å². The summed E-state index contributed by atoms with van der Waals surface area (Å²) in [7, 11) is 0. The number of hydrogen-bond donors (Lipinski definition) is 3. The van der Waals surface area contributed by atoms with E-state index in [2.05, 4.69) is 5.32 Å². The lowest BCUT2D eigenvalue weighted by molar-refractivity contribution is -0.114. The molecule has 0 saturated carbocycles. The lowest BCUT2D eigenvalue weighted by Crippen LogP contribution is -2.20. The molecule has 154 valence electrons. The lowest BCUT2D eigenvalue weighted by Gasteiger charge is -2.22. The van der Waals surface area contributed by atoms with Gasteiger partial charge in [-0.25, -0.2) is 13.3 Å². The van der Waals surface area contributed by atoms with Crippen LogP contribution >= 0.6 is 0 Å². The summed E-state index contributed by atoms with van der Waals surface area (Å²) in [6.45, 7) is 3.13. The number of carboxylic acid groups (broad SMARTS) is 1. The minimum atomic E-state index is -2.35. The second-order valence-electron chi connectivity index (χ2n) is 6.64. The van der Waals surface area contributed by atoms with Crippen LogP contribution in [0.15, 0.2) is 66.7 Å². The maximum absolute atomic E-state index is 12.0. The summed E-state index contributed by atoms with van der Waals surface area (Å²) in [5.41, 5.74) is 4.12. The predicted octanol–water partition coefficient (Wildman–Crippen LogP) is 4.59. The molecule has 0 heterocycles. The van der Waals surface area contributed by atoms with E-state index in [9.17, 15) is 18.4 Å². The third kappa shape index (κ3) is 4.73. The highest BCUT2D eigenvalue weighted by atomic mass is 32.2. The molecule has 0 aliphatic heterocycles. The van der Waals surface area contributed by atoms with Crippen molar-refractivity contribution in [2.75, 3.05) is 9.62 Å². The van der Waals surface area contributed by atoms with Gasteiger partial charge in [0.2, 0.25) is 5.91 Å². The van der Waals surface area contributed by atoms with Crippen LogP contribution in [0, 0.1) is 6.92 Å². The number of carbonyl (C=O) groups excluding carboxylic acids is 1. The molecule has 0 aromatic heterocycles. The van der Waals surface area contributed by atoms with E-state index in [1.54, 1.807) is 31.2 Å². The number of aromatic carboxylic acids is 1. The molecule has 0 aliphatic carbocycles. The van der Waals surface area contributed by atoms with Crippen molar-refractivity contribution in [2.24, 2.45) is 0 Å². The Kier molecular flexibility index (Phi) is 6.29. The van der Waals surface area contributed by atoms with Gasteiger partial charge in [0.05, 0.1) is 16.9 Å². The first-order valence-corrected chi connectivity index (χ1v) is 10.1. The predicted molar refractivity (Wildman–Crippen MR) is 117 cm³/mol. The van der Waals surface area contributed by atoms with Crippen molar-refractivity contribution in [1.29, 1.82) is 0 Å². The third-order valence-corrected chi connectivity index (χ3v) is 5.18. The SMILES string of the molecule is CC(=O)Nc1ccc(-c2ccc(N(c3ccc(C(=O)O)cc3C)S(=O)O)cc2)cc1.